The standard InChI is InChI=1S/C21H16ClN5S/c1-27-20(16-10-11-24-25-13-16)26-19(15-4-2-14(12-23)3-5-15)21(27)28-18-8-6-17(22)7-9-18/h2-11,25H,13H2,1H3. The van der Waals surface area contributed by atoms with Gasteiger partial charge in [-0.3, -0.25) is 0 Å². The maximum atomic E-state index is 9.08. The molecule has 2 heterocycles. The van der Waals surface area contributed by atoms with Crippen molar-refractivity contribution in [2.24, 2.45) is 12.1 Å². The number of nitrogens with one attached hydrogen (secondary N) is 1. The largest absolute Gasteiger partial charge is 0.322 e. The van der Waals surface area contributed by atoms with Gasteiger partial charge in [0, 0.05) is 34.3 Å². The summed E-state index contributed by atoms with van der Waals surface area (Å²) in [4.78, 5) is 6.01. The Morgan fingerprint density at radius 2 is 1.89 bits per heavy atom. The van der Waals surface area contributed by atoms with Crippen LogP contribution in [0.4, 0.5) is 0 Å². The van der Waals surface area contributed by atoms with E-state index >= 15 is 0 Å². The minimum absolute atomic E-state index is 0.624. The molecule has 0 saturated carbocycles. The molecule has 2 aromatic carbocycles. The number of hydrazone groups is 1. The number of rotatable bonds is 4. The van der Waals surface area contributed by atoms with E-state index in [1.807, 2.05) is 61.7 Å². The number of nitrogens with zero attached hydrogens (tertiary/aromatic N) is 4. The van der Waals surface area contributed by atoms with Crippen LogP contribution in [-0.2, 0) is 7.05 Å². The van der Waals surface area contributed by atoms with Crippen LogP contribution in [0, 0.1) is 11.3 Å². The second-order valence-electron chi connectivity index (χ2n) is 6.20. The minimum Gasteiger partial charge on any atom is -0.322 e. The number of halogens is 1. The number of imidazole rings is 1. The number of allylic oxidation sites excluding steroid dienone is 1. The third-order valence-electron chi connectivity index (χ3n) is 4.36. The zero-order valence-corrected chi connectivity index (χ0v) is 16.6. The molecule has 7 heteroatoms. The molecule has 0 aliphatic carbocycles. The van der Waals surface area contributed by atoms with E-state index in [-0.39, 0.29) is 0 Å². The number of nitriles is 1. The van der Waals surface area contributed by atoms with Gasteiger partial charge >= 0.3 is 0 Å². The Bertz CT molecular complexity index is 1110. The van der Waals surface area contributed by atoms with Crippen molar-refractivity contribution >= 4 is 35.2 Å². The Labute approximate surface area is 172 Å². The van der Waals surface area contributed by atoms with Crippen molar-refractivity contribution in [3.8, 4) is 17.3 Å². The number of benzene rings is 2. The van der Waals surface area contributed by atoms with Crippen molar-refractivity contribution in [2.45, 2.75) is 9.92 Å². The molecule has 0 bridgehead atoms. The monoisotopic (exact) mass is 405 g/mol. The van der Waals surface area contributed by atoms with Gasteiger partial charge in [0.05, 0.1) is 18.2 Å². The topological polar surface area (TPSA) is 66.0 Å². The van der Waals surface area contributed by atoms with Crippen LogP contribution in [-0.4, -0.2) is 22.3 Å². The Morgan fingerprint density at radius 3 is 2.54 bits per heavy atom. The lowest BCUT2D eigenvalue weighted by molar-refractivity contribution is 0.780. The van der Waals surface area contributed by atoms with E-state index in [2.05, 4.69) is 21.2 Å². The van der Waals surface area contributed by atoms with Gasteiger partial charge in [0.2, 0.25) is 0 Å². The summed E-state index contributed by atoms with van der Waals surface area (Å²) < 4.78 is 2.10. The molecule has 1 aliphatic rings. The zero-order chi connectivity index (χ0) is 19.5. The molecule has 28 heavy (non-hydrogen) atoms. The van der Waals surface area contributed by atoms with Crippen LogP contribution >= 0.6 is 23.4 Å². The zero-order valence-electron chi connectivity index (χ0n) is 15.1. The Kier molecular flexibility index (Phi) is 5.20. The summed E-state index contributed by atoms with van der Waals surface area (Å²) in [5.41, 5.74) is 6.53. The van der Waals surface area contributed by atoms with Crippen molar-refractivity contribution in [3.05, 3.63) is 71.0 Å². The van der Waals surface area contributed by atoms with Gasteiger partial charge in [0.25, 0.3) is 0 Å². The molecule has 0 radical (unpaired) electrons. The van der Waals surface area contributed by atoms with Gasteiger partial charge in [0.1, 0.15) is 16.5 Å². The number of hydrogen-bond acceptors (Lipinski definition) is 5. The van der Waals surface area contributed by atoms with Gasteiger partial charge in [0.15, 0.2) is 0 Å². The van der Waals surface area contributed by atoms with Gasteiger partial charge < -0.3 is 9.99 Å². The molecule has 0 spiro atoms. The molecule has 3 aromatic rings. The van der Waals surface area contributed by atoms with E-state index in [0.29, 0.717) is 17.1 Å². The van der Waals surface area contributed by atoms with E-state index < -0.39 is 0 Å². The lowest BCUT2D eigenvalue weighted by Gasteiger charge is -2.11. The Morgan fingerprint density at radius 1 is 1.14 bits per heavy atom. The summed E-state index contributed by atoms with van der Waals surface area (Å²) in [7, 11) is 2.01. The summed E-state index contributed by atoms with van der Waals surface area (Å²) in [5, 5.41) is 14.8. The van der Waals surface area contributed by atoms with Crippen molar-refractivity contribution in [2.75, 3.05) is 6.54 Å². The first-order valence-electron chi connectivity index (χ1n) is 8.62. The molecule has 0 fully saturated rings. The predicted octanol–water partition coefficient (Wildman–Crippen LogP) is 4.74. The van der Waals surface area contributed by atoms with E-state index in [1.165, 1.54) is 0 Å². The Balaban J connectivity index is 1.82. The van der Waals surface area contributed by atoms with Crippen molar-refractivity contribution < 1.29 is 0 Å². The Hall–Kier alpha value is -3.01. The van der Waals surface area contributed by atoms with Crippen LogP contribution < -0.4 is 5.43 Å². The SMILES string of the molecule is Cn1c(C2=CC=NNC2)nc(-c2ccc(C#N)cc2)c1Sc1ccc(Cl)cc1. The first kappa shape index (κ1) is 18.4. The highest BCUT2D eigenvalue weighted by Crippen LogP contribution is 2.38. The fourth-order valence-corrected chi connectivity index (χ4v) is 4.02. The quantitative estimate of drug-likeness (QED) is 0.681. The second-order valence-corrected chi connectivity index (χ2v) is 7.70. The summed E-state index contributed by atoms with van der Waals surface area (Å²) in [6, 6.07) is 17.4. The second kappa shape index (κ2) is 7.93. The van der Waals surface area contributed by atoms with Gasteiger partial charge in [-0.25, -0.2) is 4.98 Å². The lowest BCUT2D eigenvalue weighted by atomic mass is 10.1. The average molecular weight is 406 g/mol. The molecule has 1 N–H and O–H groups in total. The minimum atomic E-state index is 0.624. The van der Waals surface area contributed by atoms with Crippen LogP contribution in [0.5, 0.6) is 0 Å². The molecule has 1 aliphatic heterocycles. The van der Waals surface area contributed by atoms with Crippen LogP contribution in [0.15, 0.2) is 69.6 Å². The molecule has 0 saturated heterocycles. The third kappa shape index (κ3) is 3.68. The highest BCUT2D eigenvalue weighted by molar-refractivity contribution is 7.99. The van der Waals surface area contributed by atoms with Gasteiger partial charge in [-0.1, -0.05) is 35.5 Å². The van der Waals surface area contributed by atoms with Crippen LogP contribution in [0.1, 0.15) is 11.4 Å². The first-order valence-corrected chi connectivity index (χ1v) is 9.81. The molecule has 0 atom stereocenters. The van der Waals surface area contributed by atoms with Crippen molar-refractivity contribution in [1.29, 1.82) is 5.26 Å². The van der Waals surface area contributed by atoms with Crippen molar-refractivity contribution in [3.63, 3.8) is 0 Å². The number of hydrogen-bond donors (Lipinski definition) is 1. The highest BCUT2D eigenvalue weighted by Gasteiger charge is 2.20. The molecule has 4 rings (SSSR count). The molecule has 1 aromatic heterocycles. The van der Waals surface area contributed by atoms with Gasteiger partial charge in [-0.15, -0.1) is 0 Å². The third-order valence-corrected chi connectivity index (χ3v) is 5.78. The van der Waals surface area contributed by atoms with Crippen LogP contribution in [0.25, 0.3) is 16.8 Å². The average Bonchev–Trinajstić information content (AvgIpc) is 3.06. The van der Waals surface area contributed by atoms with Crippen LogP contribution in [0.2, 0.25) is 5.02 Å². The van der Waals surface area contributed by atoms with Crippen LogP contribution in [0.3, 0.4) is 0 Å². The number of aromatic nitrogens is 2. The normalized spacial score (nSPS) is 13.0. The summed E-state index contributed by atoms with van der Waals surface area (Å²) >= 11 is 7.66. The highest BCUT2D eigenvalue weighted by atomic mass is 35.5. The molecule has 0 amide bonds. The maximum absolute atomic E-state index is 9.08. The molecular formula is C21H16ClN5S. The summed E-state index contributed by atoms with van der Waals surface area (Å²) in [6.07, 6.45) is 3.71. The fourth-order valence-electron chi connectivity index (χ4n) is 2.92. The summed E-state index contributed by atoms with van der Waals surface area (Å²) in [6.45, 7) is 0.624. The smallest absolute Gasteiger partial charge is 0.139 e. The van der Waals surface area contributed by atoms with E-state index in [9.17, 15) is 0 Å². The van der Waals surface area contributed by atoms with Gasteiger partial charge in [-0.05, 0) is 42.5 Å². The molecule has 138 valence electrons. The lowest BCUT2D eigenvalue weighted by Crippen LogP contribution is -2.15. The van der Waals surface area contributed by atoms with E-state index in [4.69, 9.17) is 21.8 Å². The van der Waals surface area contributed by atoms with E-state index in [1.54, 1.807) is 18.0 Å². The maximum Gasteiger partial charge on any atom is 0.139 e. The predicted molar refractivity (Wildman–Crippen MR) is 113 cm³/mol. The van der Waals surface area contributed by atoms with Gasteiger partial charge in [-0.2, -0.15) is 10.4 Å². The van der Waals surface area contributed by atoms with E-state index in [0.717, 1.165) is 32.6 Å². The molecule has 5 nitrogen and oxygen atoms in total. The molecular weight excluding hydrogens is 390 g/mol. The fraction of sp³-hybridized carbons (Fsp3) is 0.0952. The summed E-state index contributed by atoms with van der Waals surface area (Å²) in [5.74, 6) is 0.884. The van der Waals surface area contributed by atoms with Crippen molar-refractivity contribution in [1.82, 2.24) is 15.0 Å². The molecule has 0 unspecified atom stereocenters. The first-order chi connectivity index (χ1) is 13.7.